The fraction of sp³-hybridized carbons (Fsp3) is 0.267. The van der Waals surface area contributed by atoms with Crippen molar-refractivity contribution in [3.05, 3.63) is 59.4 Å². The molecular formula is C15H19N3O2S. The molecule has 0 saturated carbocycles. The molecule has 0 aliphatic carbocycles. The first-order valence-electron chi connectivity index (χ1n) is 6.66. The van der Waals surface area contributed by atoms with Crippen LogP contribution >= 0.6 is 0 Å². The van der Waals surface area contributed by atoms with Crippen molar-refractivity contribution < 1.29 is 8.42 Å². The van der Waals surface area contributed by atoms with Gasteiger partial charge in [0.1, 0.15) is 0 Å². The Kier molecular flexibility index (Phi) is 4.72. The third-order valence-electron chi connectivity index (χ3n) is 3.08. The number of nitrogens with zero attached hydrogens (tertiary/aromatic N) is 1. The largest absolute Gasteiger partial charge is 0.324 e. The van der Waals surface area contributed by atoms with Crippen molar-refractivity contribution in [1.82, 2.24) is 9.71 Å². The Morgan fingerprint density at radius 2 is 1.95 bits per heavy atom. The summed E-state index contributed by atoms with van der Waals surface area (Å²) in [6.45, 7) is 3.84. The Morgan fingerprint density at radius 3 is 2.62 bits per heavy atom. The van der Waals surface area contributed by atoms with Crippen molar-refractivity contribution in [1.29, 1.82) is 0 Å². The maximum absolute atomic E-state index is 12.3. The summed E-state index contributed by atoms with van der Waals surface area (Å²) in [5.74, 6) is 0. The molecule has 5 nitrogen and oxygen atoms in total. The molecule has 1 aromatic heterocycles. The number of nitrogens with two attached hydrogens (primary N) is 1. The van der Waals surface area contributed by atoms with Crippen molar-refractivity contribution in [2.24, 2.45) is 5.73 Å². The predicted molar refractivity (Wildman–Crippen MR) is 82.0 cm³/mol. The first-order valence-corrected chi connectivity index (χ1v) is 8.14. The SMILES string of the molecule is Cc1cccc(CNS(=O)(=O)c2cccc(C(C)N)c2)n1. The number of rotatable bonds is 5. The lowest BCUT2D eigenvalue weighted by molar-refractivity contribution is 0.580. The number of hydrogen-bond acceptors (Lipinski definition) is 4. The Morgan fingerprint density at radius 1 is 1.24 bits per heavy atom. The molecule has 1 unspecified atom stereocenters. The highest BCUT2D eigenvalue weighted by Gasteiger charge is 2.15. The van der Waals surface area contributed by atoms with E-state index >= 15 is 0 Å². The van der Waals surface area contributed by atoms with Gasteiger partial charge < -0.3 is 5.73 Å². The Balaban J connectivity index is 2.17. The molecule has 1 atom stereocenters. The van der Waals surface area contributed by atoms with E-state index in [0.29, 0.717) is 5.69 Å². The minimum Gasteiger partial charge on any atom is -0.324 e. The normalized spacial score (nSPS) is 13.1. The van der Waals surface area contributed by atoms with Gasteiger partial charge in [0.15, 0.2) is 0 Å². The van der Waals surface area contributed by atoms with Gasteiger partial charge in [-0.2, -0.15) is 0 Å². The molecule has 2 aromatic rings. The van der Waals surface area contributed by atoms with Gasteiger partial charge in [-0.15, -0.1) is 0 Å². The summed E-state index contributed by atoms with van der Waals surface area (Å²) in [5.41, 5.74) is 8.10. The third-order valence-corrected chi connectivity index (χ3v) is 4.48. The Bertz CT molecular complexity index is 727. The molecule has 21 heavy (non-hydrogen) atoms. The van der Waals surface area contributed by atoms with E-state index in [4.69, 9.17) is 5.73 Å². The summed E-state index contributed by atoms with van der Waals surface area (Å²) in [5, 5.41) is 0. The van der Waals surface area contributed by atoms with E-state index in [1.54, 1.807) is 24.3 Å². The van der Waals surface area contributed by atoms with Gasteiger partial charge in [0.25, 0.3) is 0 Å². The highest BCUT2D eigenvalue weighted by atomic mass is 32.2. The molecule has 2 rings (SSSR count). The second-order valence-corrected chi connectivity index (χ2v) is 6.72. The smallest absolute Gasteiger partial charge is 0.240 e. The van der Waals surface area contributed by atoms with Crippen LogP contribution in [-0.2, 0) is 16.6 Å². The minimum absolute atomic E-state index is 0.159. The van der Waals surface area contributed by atoms with Crippen molar-refractivity contribution in [3.63, 3.8) is 0 Å². The van der Waals surface area contributed by atoms with Gasteiger partial charge in [0.05, 0.1) is 17.1 Å². The lowest BCUT2D eigenvalue weighted by atomic mass is 10.1. The van der Waals surface area contributed by atoms with E-state index in [-0.39, 0.29) is 17.5 Å². The summed E-state index contributed by atoms with van der Waals surface area (Å²) < 4.78 is 27.1. The van der Waals surface area contributed by atoms with Gasteiger partial charge in [0.2, 0.25) is 10.0 Å². The monoisotopic (exact) mass is 305 g/mol. The molecule has 0 aliphatic rings. The summed E-state index contributed by atoms with van der Waals surface area (Å²) in [4.78, 5) is 4.48. The van der Waals surface area contributed by atoms with Gasteiger partial charge in [0, 0.05) is 11.7 Å². The number of aryl methyl sites for hydroxylation is 1. The van der Waals surface area contributed by atoms with Gasteiger partial charge in [-0.25, -0.2) is 13.1 Å². The van der Waals surface area contributed by atoms with Crippen molar-refractivity contribution in [2.75, 3.05) is 0 Å². The van der Waals surface area contributed by atoms with E-state index in [1.807, 2.05) is 32.0 Å². The van der Waals surface area contributed by atoms with Crippen LogP contribution in [0.3, 0.4) is 0 Å². The highest BCUT2D eigenvalue weighted by molar-refractivity contribution is 7.89. The first kappa shape index (κ1) is 15.6. The zero-order chi connectivity index (χ0) is 15.5. The van der Waals surface area contributed by atoms with E-state index in [1.165, 1.54) is 0 Å². The van der Waals surface area contributed by atoms with Crippen LogP contribution in [-0.4, -0.2) is 13.4 Å². The van der Waals surface area contributed by atoms with Gasteiger partial charge in [-0.1, -0.05) is 18.2 Å². The van der Waals surface area contributed by atoms with E-state index in [0.717, 1.165) is 11.3 Å². The summed E-state index contributed by atoms with van der Waals surface area (Å²) in [6.07, 6.45) is 0. The predicted octanol–water partition coefficient (Wildman–Crippen LogP) is 1.89. The number of nitrogens with one attached hydrogen (secondary N) is 1. The molecule has 0 spiro atoms. The van der Waals surface area contributed by atoms with Gasteiger partial charge in [-0.05, 0) is 43.7 Å². The fourth-order valence-electron chi connectivity index (χ4n) is 1.92. The van der Waals surface area contributed by atoms with Crippen molar-refractivity contribution in [2.45, 2.75) is 31.3 Å². The molecule has 0 aliphatic heterocycles. The molecule has 0 bridgehead atoms. The molecule has 0 saturated heterocycles. The molecule has 0 radical (unpaired) electrons. The minimum atomic E-state index is -3.57. The standard InChI is InChI=1S/C15H19N3O2S/c1-11-5-3-7-14(18-11)10-17-21(19,20)15-8-4-6-13(9-15)12(2)16/h3-9,12,17H,10,16H2,1-2H3. The number of hydrogen-bond donors (Lipinski definition) is 2. The molecule has 1 heterocycles. The second-order valence-electron chi connectivity index (χ2n) is 4.96. The van der Waals surface area contributed by atoms with E-state index < -0.39 is 10.0 Å². The molecule has 0 amide bonds. The van der Waals surface area contributed by atoms with E-state index in [2.05, 4.69) is 9.71 Å². The van der Waals surface area contributed by atoms with Crippen LogP contribution in [0, 0.1) is 6.92 Å². The van der Waals surface area contributed by atoms with Crippen LogP contribution in [0.5, 0.6) is 0 Å². The van der Waals surface area contributed by atoms with Gasteiger partial charge in [-0.3, -0.25) is 4.98 Å². The summed E-state index contributed by atoms with van der Waals surface area (Å²) >= 11 is 0. The lowest BCUT2D eigenvalue weighted by Crippen LogP contribution is -2.24. The zero-order valence-corrected chi connectivity index (χ0v) is 12.9. The highest BCUT2D eigenvalue weighted by Crippen LogP contribution is 2.16. The number of aromatic nitrogens is 1. The van der Waals surface area contributed by atoms with Crippen LogP contribution in [0.15, 0.2) is 47.4 Å². The van der Waals surface area contributed by atoms with Crippen LogP contribution in [0.1, 0.15) is 29.9 Å². The van der Waals surface area contributed by atoms with Gasteiger partial charge >= 0.3 is 0 Å². The molecule has 6 heteroatoms. The third kappa shape index (κ3) is 4.10. The molecular weight excluding hydrogens is 286 g/mol. The van der Waals surface area contributed by atoms with Crippen LogP contribution in [0.25, 0.3) is 0 Å². The fourth-order valence-corrected chi connectivity index (χ4v) is 2.97. The van der Waals surface area contributed by atoms with E-state index in [9.17, 15) is 8.42 Å². The molecule has 112 valence electrons. The van der Waals surface area contributed by atoms with Crippen LogP contribution in [0.4, 0.5) is 0 Å². The lowest BCUT2D eigenvalue weighted by Gasteiger charge is -2.10. The number of sulfonamides is 1. The molecule has 0 fully saturated rings. The topological polar surface area (TPSA) is 85.1 Å². The molecule has 1 aromatic carbocycles. The molecule has 3 N–H and O–H groups in total. The summed E-state index contributed by atoms with van der Waals surface area (Å²) in [7, 11) is -3.57. The quantitative estimate of drug-likeness (QED) is 0.883. The van der Waals surface area contributed by atoms with Crippen LogP contribution in [0.2, 0.25) is 0 Å². The average Bonchev–Trinajstić information content (AvgIpc) is 2.45. The average molecular weight is 305 g/mol. The van der Waals surface area contributed by atoms with Crippen molar-refractivity contribution >= 4 is 10.0 Å². The van der Waals surface area contributed by atoms with Crippen LogP contribution < -0.4 is 10.5 Å². The van der Waals surface area contributed by atoms with Crippen molar-refractivity contribution in [3.8, 4) is 0 Å². The summed E-state index contributed by atoms with van der Waals surface area (Å²) in [6, 6.07) is 11.9. The second kappa shape index (κ2) is 6.34. The number of benzene rings is 1. The first-order chi connectivity index (χ1) is 9.88. The maximum Gasteiger partial charge on any atom is 0.240 e. The number of pyridine rings is 1. The Hall–Kier alpha value is -1.76. The Labute approximate surface area is 125 Å². The zero-order valence-electron chi connectivity index (χ0n) is 12.1. The maximum atomic E-state index is 12.3.